The number of aromatic nitrogens is 2. The first kappa shape index (κ1) is 17.1. The number of sulfonamides is 1. The van der Waals surface area contributed by atoms with Gasteiger partial charge in [0.2, 0.25) is 21.8 Å². The summed E-state index contributed by atoms with van der Waals surface area (Å²) < 4.78 is 32.4. The molecule has 1 aromatic heterocycles. The molecule has 130 valence electrons. The van der Waals surface area contributed by atoms with Crippen molar-refractivity contribution in [2.24, 2.45) is 0 Å². The predicted octanol–water partition coefficient (Wildman–Crippen LogP) is 1.45. The van der Waals surface area contributed by atoms with Crippen molar-refractivity contribution in [2.75, 3.05) is 26.2 Å². The van der Waals surface area contributed by atoms with Crippen LogP contribution < -0.4 is 0 Å². The average molecular weight is 350 g/mol. The molecule has 1 fully saturated rings. The molecule has 1 aromatic carbocycles. The van der Waals surface area contributed by atoms with Crippen LogP contribution in [0.15, 0.2) is 33.6 Å². The number of piperazine rings is 1. The highest BCUT2D eigenvalue weighted by Gasteiger charge is 2.28. The molecular formula is C16H22N4O3S. The van der Waals surface area contributed by atoms with Crippen LogP contribution in [0.25, 0.3) is 0 Å². The van der Waals surface area contributed by atoms with Crippen molar-refractivity contribution < 1.29 is 12.8 Å². The lowest BCUT2D eigenvalue weighted by Gasteiger charge is -2.33. The van der Waals surface area contributed by atoms with Crippen molar-refractivity contribution in [1.29, 1.82) is 0 Å². The lowest BCUT2D eigenvalue weighted by atomic mass is 10.2. The normalized spacial score (nSPS) is 17.2. The van der Waals surface area contributed by atoms with Gasteiger partial charge in [-0.25, -0.2) is 8.42 Å². The maximum atomic E-state index is 12.7. The number of benzene rings is 1. The first-order valence-electron chi connectivity index (χ1n) is 8.09. The first-order chi connectivity index (χ1) is 11.5. The van der Waals surface area contributed by atoms with E-state index in [0.717, 1.165) is 12.0 Å². The SMILES string of the molecule is CCc1nnc(CN2CCN(S(=O)(=O)c3ccc(C)cc3)CC2)o1. The molecule has 0 atom stereocenters. The molecule has 0 amide bonds. The molecule has 24 heavy (non-hydrogen) atoms. The van der Waals surface area contributed by atoms with Crippen molar-refractivity contribution in [3.05, 3.63) is 41.6 Å². The van der Waals surface area contributed by atoms with E-state index in [1.165, 1.54) is 0 Å². The van der Waals surface area contributed by atoms with Gasteiger partial charge >= 0.3 is 0 Å². The molecular weight excluding hydrogens is 328 g/mol. The van der Waals surface area contributed by atoms with Crippen LogP contribution in [0.5, 0.6) is 0 Å². The third kappa shape index (κ3) is 3.66. The molecule has 0 saturated carbocycles. The zero-order chi connectivity index (χ0) is 17.2. The third-order valence-corrected chi connectivity index (χ3v) is 6.07. The van der Waals surface area contributed by atoms with Crippen LogP contribution in [0.4, 0.5) is 0 Å². The molecule has 3 rings (SSSR count). The molecule has 0 unspecified atom stereocenters. The fourth-order valence-electron chi connectivity index (χ4n) is 2.67. The summed E-state index contributed by atoms with van der Waals surface area (Å²) in [7, 11) is -3.42. The highest BCUT2D eigenvalue weighted by atomic mass is 32.2. The largest absolute Gasteiger partial charge is 0.424 e. The second-order valence-electron chi connectivity index (χ2n) is 5.94. The first-order valence-corrected chi connectivity index (χ1v) is 9.53. The van der Waals surface area contributed by atoms with Gasteiger partial charge in [-0.05, 0) is 19.1 Å². The molecule has 7 nitrogen and oxygen atoms in total. The summed E-state index contributed by atoms with van der Waals surface area (Å²) in [4.78, 5) is 2.49. The van der Waals surface area contributed by atoms with E-state index in [-0.39, 0.29) is 0 Å². The smallest absolute Gasteiger partial charge is 0.243 e. The van der Waals surface area contributed by atoms with E-state index in [4.69, 9.17) is 4.42 Å². The Morgan fingerprint density at radius 3 is 2.25 bits per heavy atom. The van der Waals surface area contributed by atoms with Gasteiger partial charge in [0, 0.05) is 32.6 Å². The Balaban J connectivity index is 1.60. The molecule has 0 aliphatic carbocycles. The highest BCUT2D eigenvalue weighted by molar-refractivity contribution is 7.89. The summed E-state index contributed by atoms with van der Waals surface area (Å²) in [5.41, 5.74) is 1.05. The molecule has 1 aliphatic rings. The van der Waals surface area contributed by atoms with E-state index in [0.29, 0.717) is 49.4 Å². The Morgan fingerprint density at radius 2 is 1.67 bits per heavy atom. The Morgan fingerprint density at radius 1 is 1.04 bits per heavy atom. The number of aryl methyl sites for hydroxylation is 2. The van der Waals surface area contributed by atoms with Crippen LogP contribution in [0, 0.1) is 6.92 Å². The second-order valence-corrected chi connectivity index (χ2v) is 7.87. The van der Waals surface area contributed by atoms with Gasteiger partial charge in [-0.3, -0.25) is 4.90 Å². The Labute approximate surface area is 142 Å². The van der Waals surface area contributed by atoms with Gasteiger partial charge < -0.3 is 4.42 Å². The van der Waals surface area contributed by atoms with Crippen LogP contribution in [-0.4, -0.2) is 54.0 Å². The molecule has 0 bridgehead atoms. The molecule has 0 N–H and O–H groups in total. The van der Waals surface area contributed by atoms with Crippen molar-refractivity contribution >= 4 is 10.0 Å². The van der Waals surface area contributed by atoms with Gasteiger partial charge in [0.15, 0.2) is 0 Å². The summed E-state index contributed by atoms with van der Waals surface area (Å²) in [6.07, 6.45) is 0.718. The topological polar surface area (TPSA) is 79.5 Å². The number of hydrogen-bond acceptors (Lipinski definition) is 6. The van der Waals surface area contributed by atoms with E-state index in [1.54, 1.807) is 16.4 Å². The van der Waals surface area contributed by atoms with Gasteiger partial charge in [0.1, 0.15) is 0 Å². The summed E-state index contributed by atoms with van der Waals surface area (Å²) in [6, 6.07) is 6.98. The zero-order valence-corrected chi connectivity index (χ0v) is 14.8. The molecule has 1 saturated heterocycles. The van der Waals surface area contributed by atoms with Gasteiger partial charge in [-0.15, -0.1) is 10.2 Å². The highest BCUT2D eigenvalue weighted by Crippen LogP contribution is 2.18. The van der Waals surface area contributed by atoms with Crippen LogP contribution >= 0.6 is 0 Å². The van der Waals surface area contributed by atoms with E-state index in [2.05, 4.69) is 15.1 Å². The lowest BCUT2D eigenvalue weighted by molar-refractivity contribution is 0.167. The van der Waals surface area contributed by atoms with Crippen LogP contribution in [0.1, 0.15) is 24.3 Å². The van der Waals surface area contributed by atoms with Crippen molar-refractivity contribution in [3.63, 3.8) is 0 Å². The van der Waals surface area contributed by atoms with Crippen molar-refractivity contribution in [2.45, 2.75) is 31.7 Å². The van der Waals surface area contributed by atoms with E-state index in [9.17, 15) is 8.42 Å². The quantitative estimate of drug-likeness (QED) is 0.812. The van der Waals surface area contributed by atoms with Gasteiger partial charge in [-0.1, -0.05) is 24.6 Å². The molecule has 0 radical (unpaired) electrons. The predicted molar refractivity (Wildman–Crippen MR) is 88.9 cm³/mol. The molecule has 2 aromatic rings. The summed E-state index contributed by atoms with van der Waals surface area (Å²) >= 11 is 0. The van der Waals surface area contributed by atoms with Gasteiger partial charge in [-0.2, -0.15) is 4.31 Å². The minimum atomic E-state index is -3.42. The van der Waals surface area contributed by atoms with Crippen molar-refractivity contribution in [3.8, 4) is 0 Å². The van der Waals surface area contributed by atoms with Gasteiger partial charge in [0.25, 0.3) is 0 Å². The van der Waals surface area contributed by atoms with Crippen molar-refractivity contribution in [1.82, 2.24) is 19.4 Å². The minimum absolute atomic E-state index is 0.353. The third-order valence-electron chi connectivity index (χ3n) is 4.16. The maximum absolute atomic E-state index is 12.7. The molecule has 8 heteroatoms. The Bertz CT molecular complexity index is 778. The minimum Gasteiger partial charge on any atom is -0.424 e. The fourth-order valence-corrected chi connectivity index (χ4v) is 4.10. The van der Waals surface area contributed by atoms with Crippen LogP contribution in [0.2, 0.25) is 0 Å². The molecule has 0 spiro atoms. The maximum Gasteiger partial charge on any atom is 0.243 e. The number of rotatable bonds is 5. The average Bonchev–Trinajstić information content (AvgIpc) is 3.03. The Hall–Kier alpha value is -1.77. The van der Waals surface area contributed by atoms with Crippen LogP contribution in [0.3, 0.4) is 0 Å². The fraction of sp³-hybridized carbons (Fsp3) is 0.500. The molecule has 1 aliphatic heterocycles. The second kappa shape index (κ2) is 7.00. The van der Waals surface area contributed by atoms with E-state index in [1.807, 2.05) is 26.0 Å². The number of nitrogens with zero attached hydrogens (tertiary/aromatic N) is 4. The summed E-state index contributed by atoms with van der Waals surface area (Å²) in [5.74, 6) is 1.22. The van der Waals surface area contributed by atoms with Gasteiger partial charge in [0.05, 0.1) is 11.4 Å². The lowest BCUT2D eigenvalue weighted by Crippen LogP contribution is -2.48. The monoisotopic (exact) mass is 350 g/mol. The number of hydrogen-bond donors (Lipinski definition) is 0. The standard InChI is InChI=1S/C16H22N4O3S/c1-3-15-17-18-16(23-15)12-19-8-10-20(11-9-19)24(21,22)14-6-4-13(2)5-7-14/h4-7H,3,8-12H2,1-2H3. The van der Waals surface area contributed by atoms with Crippen LogP contribution in [-0.2, 0) is 23.0 Å². The summed E-state index contributed by atoms with van der Waals surface area (Å²) in [5, 5.41) is 7.97. The van der Waals surface area contributed by atoms with E-state index >= 15 is 0 Å². The Kier molecular flexibility index (Phi) is 4.98. The summed E-state index contributed by atoms with van der Waals surface area (Å²) in [6.45, 7) is 6.69. The zero-order valence-electron chi connectivity index (χ0n) is 14.0. The van der Waals surface area contributed by atoms with E-state index < -0.39 is 10.0 Å². The molecule has 2 heterocycles.